The van der Waals surface area contributed by atoms with Gasteiger partial charge < -0.3 is 9.84 Å². The summed E-state index contributed by atoms with van der Waals surface area (Å²) in [4.78, 5) is 38.4. The van der Waals surface area contributed by atoms with Crippen LogP contribution in [-0.2, 0) is 4.74 Å². The molecule has 1 aliphatic heterocycles. The molecule has 0 atom stereocenters. The molecular formula is C23H25NO5. The van der Waals surface area contributed by atoms with Gasteiger partial charge in [0.2, 0.25) is 0 Å². The van der Waals surface area contributed by atoms with Gasteiger partial charge in [-0.25, -0.2) is 4.79 Å². The number of rotatable bonds is 6. The summed E-state index contributed by atoms with van der Waals surface area (Å²) in [5.41, 5.74) is 2.42. The van der Waals surface area contributed by atoms with Crippen molar-refractivity contribution >= 4 is 17.8 Å². The van der Waals surface area contributed by atoms with E-state index in [0.717, 1.165) is 10.5 Å². The quantitative estimate of drug-likeness (QED) is 0.588. The van der Waals surface area contributed by atoms with Gasteiger partial charge in [0.15, 0.2) is 0 Å². The SMILES string of the molecule is CC(C)c1cc(C(=O)OCCN2C(=O)c3ccccc3C2=O)c(O)c(C(C)C)c1. The monoisotopic (exact) mass is 395 g/mol. The largest absolute Gasteiger partial charge is 0.507 e. The Balaban J connectivity index is 1.72. The Morgan fingerprint density at radius 1 is 1.00 bits per heavy atom. The van der Waals surface area contributed by atoms with Crippen LogP contribution in [0.5, 0.6) is 5.75 Å². The number of imide groups is 1. The number of ether oxygens (including phenoxy) is 1. The number of nitrogens with zero attached hydrogens (tertiary/aromatic N) is 1. The highest BCUT2D eigenvalue weighted by atomic mass is 16.5. The van der Waals surface area contributed by atoms with E-state index >= 15 is 0 Å². The molecule has 1 aliphatic rings. The van der Waals surface area contributed by atoms with Crippen molar-refractivity contribution in [2.24, 2.45) is 0 Å². The summed E-state index contributed by atoms with van der Waals surface area (Å²) in [6, 6.07) is 10.1. The first kappa shape index (κ1) is 20.6. The fourth-order valence-corrected chi connectivity index (χ4v) is 3.36. The van der Waals surface area contributed by atoms with Crippen LogP contribution < -0.4 is 0 Å². The van der Waals surface area contributed by atoms with E-state index in [0.29, 0.717) is 16.7 Å². The van der Waals surface area contributed by atoms with E-state index in [4.69, 9.17) is 4.74 Å². The lowest BCUT2D eigenvalue weighted by Crippen LogP contribution is -2.33. The Hall–Kier alpha value is -3.15. The molecule has 2 aromatic carbocycles. The van der Waals surface area contributed by atoms with Gasteiger partial charge in [0.05, 0.1) is 17.7 Å². The molecule has 0 radical (unpaired) electrons. The Labute approximate surface area is 170 Å². The molecule has 6 nitrogen and oxygen atoms in total. The lowest BCUT2D eigenvalue weighted by molar-refractivity contribution is 0.0417. The van der Waals surface area contributed by atoms with Crippen LogP contribution in [-0.4, -0.2) is 40.9 Å². The zero-order chi connectivity index (χ0) is 21.3. The highest BCUT2D eigenvalue weighted by Crippen LogP contribution is 2.33. The third kappa shape index (κ3) is 3.88. The molecule has 0 fully saturated rings. The van der Waals surface area contributed by atoms with Crippen molar-refractivity contribution < 1.29 is 24.2 Å². The second-order valence-corrected chi connectivity index (χ2v) is 7.76. The van der Waals surface area contributed by atoms with Crippen molar-refractivity contribution in [3.8, 4) is 5.75 Å². The summed E-state index contributed by atoms with van der Waals surface area (Å²) < 4.78 is 5.29. The van der Waals surface area contributed by atoms with Crippen LogP contribution in [0.15, 0.2) is 36.4 Å². The summed E-state index contributed by atoms with van der Waals surface area (Å²) in [7, 11) is 0. The first-order valence-corrected chi connectivity index (χ1v) is 9.71. The fourth-order valence-electron chi connectivity index (χ4n) is 3.36. The van der Waals surface area contributed by atoms with Crippen LogP contribution in [0.25, 0.3) is 0 Å². The molecule has 2 amide bonds. The summed E-state index contributed by atoms with van der Waals surface area (Å²) in [6.45, 7) is 7.71. The summed E-state index contributed by atoms with van der Waals surface area (Å²) in [5.74, 6) is -1.34. The van der Waals surface area contributed by atoms with Gasteiger partial charge >= 0.3 is 5.97 Å². The molecule has 0 saturated carbocycles. The van der Waals surface area contributed by atoms with Gasteiger partial charge in [0.1, 0.15) is 17.9 Å². The molecule has 3 rings (SSSR count). The molecule has 1 N–H and O–H groups in total. The molecule has 0 aliphatic carbocycles. The van der Waals surface area contributed by atoms with Crippen molar-refractivity contribution in [3.05, 3.63) is 64.2 Å². The van der Waals surface area contributed by atoms with Gasteiger partial charge in [0, 0.05) is 0 Å². The number of phenolic OH excluding ortho intramolecular Hbond substituents is 1. The van der Waals surface area contributed by atoms with Gasteiger partial charge in [-0.05, 0) is 41.2 Å². The highest BCUT2D eigenvalue weighted by molar-refractivity contribution is 6.21. The number of hydrogen-bond acceptors (Lipinski definition) is 5. The zero-order valence-electron chi connectivity index (χ0n) is 17.1. The molecule has 1 heterocycles. The van der Waals surface area contributed by atoms with Crippen molar-refractivity contribution in [2.45, 2.75) is 39.5 Å². The van der Waals surface area contributed by atoms with Crippen LogP contribution in [0.1, 0.15) is 81.7 Å². The maximum Gasteiger partial charge on any atom is 0.341 e. The predicted octanol–water partition coefficient (Wildman–Crippen LogP) is 4.09. The van der Waals surface area contributed by atoms with Crippen LogP contribution in [0, 0.1) is 0 Å². The number of carbonyl (C=O) groups excluding carboxylic acids is 3. The average molecular weight is 395 g/mol. The lowest BCUT2D eigenvalue weighted by Gasteiger charge is -2.17. The van der Waals surface area contributed by atoms with Gasteiger partial charge in [-0.2, -0.15) is 0 Å². The topological polar surface area (TPSA) is 83.9 Å². The highest BCUT2D eigenvalue weighted by Gasteiger charge is 2.35. The minimum absolute atomic E-state index is 0.0404. The number of amides is 2. The van der Waals surface area contributed by atoms with E-state index < -0.39 is 17.8 Å². The van der Waals surface area contributed by atoms with Gasteiger partial charge in [-0.3, -0.25) is 14.5 Å². The molecular weight excluding hydrogens is 370 g/mol. The third-order valence-electron chi connectivity index (χ3n) is 5.10. The van der Waals surface area contributed by atoms with Crippen molar-refractivity contribution in [3.63, 3.8) is 0 Å². The minimum atomic E-state index is -0.677. The molecule has 0 spiro atoms. The zero-order valence-corrected chi connectivity index (χ0v) is 17.1. The Kier molecular flexibility index (Phi) is 5.73. The van der Waals surface area contributed by atoms with E-state index in [1.54, 1.807) is 30.3 Å². The molecule has 0 saturated heterocycles. The number of fused-ring (bicyclic) bond motifs is 1. The van der Waals surface area contributed by atoms with Crippen molar-refractivity contribution in [2.75, 3.05) is 13.2 Å². The van der Waals surface area contributed by atoms with Gasteiger partial charge in [0.25, 0.3) is 11.8 Å². The average Bonchev–Trinajstić information content (AvgIpc) is 2.92. The van der Waals surface area contributed by atoms with E-state index in [9.17, 15) is 19.5 Å². The summed E-state index contributed by atoms with van der Waals surface area (Å²) in [6.07, 6.45) is 0. The first-order chi connectivity index (χ1) is 13.7. The number of phenols is 1. The van der Waals surface area contributed by atoms with Crippen molar-refractivity contribution in [1.29, 1.82) is 0 Å². The molecule has 0 aromatic heterocycles. The minimum Gasteiger partial charge on any atom is -0.507 e. The second kappa shape index (κ2) is 8.07. The number of esters is 1. The summed E-state index contributed by atoms with van der Waals surface area (Å²) >= 11 is 0. The molecule has 0 bridgehead atoms. The Bertz CT molecular complexity index is 942. The standard InChI is InChI=1S/C23H25NO5/c1-13(2)15-11-18(14(3)4)20(25)19(12-15)23(28)29-10-9-24-21(26)16-7-5-6-8-17(16)22(24)27/h5-8,11-14,25H,9-10H2,1-4H3. The number of carbonyl (C=O) groups is 3. The van der Waals surface area contributed by atoms with Gasteiger partial charge in [-0.1, -0.05) is 45.9 Å². The summed E-state index contributed by atoms with van der Waals surface area (Å²) in [5, 5.41) is 10.5. The fraction of sp³-hybridized carbons (Fsp3) is 0.348. The Morgan fingerprint density at radius 3 is 2.10 bits per heavy atom. The van der Waals surface area contributed by atoms with Crippen LogP contribution in [0.2, 0.25) is 0 Å². The lowest BCUT2D eigenvalue weighted by atomic mass is 9.92. The number of benzene rings is 2. The van der Waals surface area contributed by atoms with Crippen LogP contribution in [0.3, 0.4) is 0 Å². The predicted molar refractivity (Wildman–Crippen MR) is 108 cm³/mol. The maximum atomic E-state index is 12.6. The molecule has 29 heavy (non-hydrogen) atoms. The third-order valence-corrected chi connectivity index (χ3v) is 5.10. The van der Waals surface area contributed by atoms with E-state index in [1.165, 1.54) is 0 Å². The molecule has 2 aromatic rings. The molecule has 0 unspecified atom stereocenters. The van der Waals surface area contributed by atoms with Crippen molar-refractivity contribution in [1.82, 2.24) is 4.90 Å². The second-order valence-electron chi connectivity index (χ2n) is 7.76. The Morgan fingerprint density at radius 2 is 1.59 bits per heavy atom. The number of aromatic hydroxyl groups is 1. The normalized spacial score (nSPS) is 13.4. The van der Waals surface area contributed by atoms with Crippen LogP contribution in [0.4, 0.5) is 0 Å². The first-order valence-electron chi connectivity index (χ1n) is 9.71. The van der Waals surface area contributed by atoms with Gasteiger partial charge in [-0.15, -0.1) is 0 Å². The molecule has 6 heteroatoms. The molecule has 152 valence electrons. The van der Waals surface area contributed by atoms with E-state index in [2.05, 4.69) is 0 Å². The maximum absolute atomic E-state index is 12.6. The number of hydrogen-bond donors (Lipinski definition) is 1. The smallest absolute Gasteiger partial charge is 0.341 e. The van der Waals surface area contributed by atoms with E-state index in [1.807, 2.05) is 33.8 Å². The van der Waals surface area contributed by atoms with E-state index in [-0.39, 0.29) is 36.3 Å². The van der Waals surface area contributed by atoms with Crippen LogP contribution >= 0.6 is 0 Å².